The zero-order valence-corrected chi connectivity index (χ0v) is 13.6. The predicted octanol–water partition coefficient (Wildman–Crippen LogP) is 1.13. The van der Waals surface area contributed by atoms with Crippen LogP contribution in [0.4, 0.5) is 4.79 Å². The van der Waals surface area contributed by atoms with E-state index in [0.29, 0.717) is 12.1 Å². The second kappa shape index (κ2) is 5.68. The van der Waals surface area contributed by atoms with Crippen LogP contribution in [0.2, 0.25) is 0 Å². The van der Waals surface area contributed by atoms with E-state index in [1.807, 2.05) is 4.90 Å². The molecule has 2 N–H and O–H groups in total. The van der Waals surface area contributed by atoms with Gasteiger partial charge in [-0.2, -0.15) is 0 Å². The molecule has 0 unspecified atom stereocenters. The van der Waals surface area contributed by atoms with Crippen LogP contribution in [-0.4, -0.2) is 66.3 Å². The Morgan fingerprint density at radius 2 is 1.82 bits per heavy atom. The van der Waals surface area contributed by atoms with Crippen LogP contribution < -0.4 is 5.32 Å². The van der Waals surface area contributed by atoms with Gasteiger partial charge in [-0.3, -0.25) is 0 Å². The van der Waals surface area contributed by atoms with Gasteiger partial charge >= 0.3 is 6.03 Å². The smallest absolute Gasteiger partial charge is 0.317 e. The number of aliphatic hydroxyl groups excluding tert-OH is 1. The standard InChI is InChI=1S/C17H29N3O2/c1-19(8-9-21)13-4-6-20(7-5-13)17(22)18-16-14-11-2-3-12(10-11)15(14)16/h11-16,21H,2-10H2,1H3,(H,18,22)/t11-,12-,14+,15+/m0/s1. The lowest BCUT2D eigenvalue weighted by molar-refractivity contribution is 0.118. The quantitative estimate of drug-likeness (QED) is 0.818. The van der Waals surface area contributed by atoms with Gasteiger partial charge in [0, 0.05) is 31.7 Å². The predicted molar refractivity (Wildman–Crippen MR) is 84.4 cm³/mol. The van der Waals surface area contributed by atoms with E-state index >= 15 is 0 Å². The molecule has 0 aromatic heterocycles. The number of carbonyl (C=O) groups is 1. The molecular weight excluding hydrogens is 278 g/mol. The fraction of sp³-hybridized carbons (Fsp3) is 0.941. The lowest BCUT2D eigenvalue weighted by Gasteiger charge is -2.36. The molecule has 3 saturated carbocycles. The molecule has 1 heterocycles. The van der Waals surface area contributed by atoms with E-state index in [-0.39, 0.29) is 12.6 Å². The fourth-order valence-corrected chi connectivity index (χ4v) is 5.60. The van der Waals surface area contributed by atoms with Crippen molar-refractivity contribution >= 4 is 6.03 Å². The van der Waals surface area contributed by atoms with E-state index in [0.717, 1.165) is 56.1 Å². The van der Waals surface area contributed by atoms with Gasteiger partial charge in [-0.05, 0) is 62.8 Å². The first kappa shape index (κ1) is 14.8. The summed E-state index contributed by atoms with van der Waals surface area (Å²) in [4.78, 5) is 16.7. The van der Waals surface area contributed by atoms with Crippen LogP contribution >= 0.6 is 0 Å². The molecule has 5 heteroatoms. The maximum Gasteiger partial charge on any atom is 0.317 e. The average molecular weight is 307 g/mol. The molecule has 22 heavy (non-hydrogen) atoms. The molecule has 124 valence electrons. The minimum absolute atomic E-state index is 0.169. The largest absolute Gasteiger partial charge is 0.395 e. The Kier molecular flexibility index (Phi) is 3.81. The zero-order chi connectivity index (χ0) is 15.3. The molecule has 1 saturated heterocycles. The number of aliphatic hydroxyl groups is 1. The molecule has 1 aliphatic heterocycles. The van der Waals surface area contributed by atoms with Crippen LogP contribution in [0.5, 0.6) is 0 Å². The molecule has 4 fully saturated rings. The number of piperidine rings is 1. The number of rotatable bonds is 4. The van der Waals surface area contributed by atoms with Gasteiger partial charge in [0.05, 0.1) is 6.61 Å². The van der Waals surface area contributed by atoms with Crippen LogP contribution in [0.25, 0.3) is 0 Å². The van der Waals surface area contributed by atoms with Crippen LogP contribution in [0.1, 0.15) is 32.1 Å². The number of amides is 2. The number of urea groups is 1. The maximum atomic E-state index is 12.5. The highest BCUT2D eigenvalue weighted by atomic mass is 16.3. The summed E-state index contributed by atoms with van der Waals surface area (Å²) in [5, 5.41) is 12.4. The van der Waals surface area contributed by atoms with Gasteiger partial charge in [-0.25, -0.2) is 4.79 Å². The van der Waals surface area contributed by atoms with Crippen molar-refractivity contribution in [3.05, 3.63) is 0 Å². The summed E-state index contributed by atoms with van der Waals surface area (Å²) in [5.41, 5.74) is 0. The Balaban J connectivity index is 1.24. The monoisotopic (exact) mass is 307 g/mol. The van der Waals surface area contributed by atoms with Crippen LogP contribution in [0.15, 0.2) is 0 Å². The molecule has 2 amide bonds. The highest BCUT2D eigenvalue weighted by Gasteiger charge is 2.65. The number of nitrogens with zero attached hydrogens (tertiary/aromatic N) is 2. The maximum absolute atomic E-state index is 12.5. The molecule has 2 bridgehead atoms. The third-order valence-electron chi connectivity index (χ3n) is 6.85. The summed E-state index contributed by atoms with van der Waals surface area (Å²) in [6.45, 7) is 2.64. The molecule has 0 radical (unpaired) electrons. The molecule has 4 aliphatic rings. The first-order valence-corrected chi connectivity index (χ1v) is 9.05. The minimum atomic E-state index is 0.169. The topological polar surface area (TPSA) is 55.8 Å². The number of fused-ring (bicyclic) bond motifs is 5. The summed E-state index contributed by atoms with van der Waals surface area (Å²) in [6, 6.07) is 1.17. The van der Waals surface area contributed by atoms with Crippen molar-refractivity contribution in [1.29, 1.82) is 0 Å². The third-order valence-corrected chi connectivity index (χ3v) is 6.85. The lowest BCUT2D eigenvalue weighted by Crippen LogP contribution is -2.50. The highest BCUT2D eigenvalue weighted by molar-refractivity contribution is 5.75. The van der Waals surface area contributed by atoms with Crippen molar-refractivity contribution in [2.45, 2.75) is 44.2 Å². The Hall–Kier alpha value is -0.810. The van der Waals surface area contributed by atoms with E-state index in [9.17, 15) is 4.79 Å². The van der Waals surface area contributed by atoms with Gasteiger partial charge in [0.1, 0.15) is 0 Å². The van der Waals surface area contributed by atoms with Gasteiger partial charge in [0.2, 0.25) is 0 Å². The van der Waals surface area contributed by atoms with Gasteiger partial charge in [0.25, 0.3) is 0 Å². The molecule has 0 aromatic carbocycles. The van der Waals surface area contributed by atoms with Gasteiger partial charge in [-0.1, -0.05) is 0 Å². The van der Waals surface area contributed by atoms with Crippen molar-refractivity contribution in [3.8, 4) is 0 Å². The number of nitrogens with one attached hydrogen (secondary N) is 1. The average Bonchev–Trinajstić information content (AvgIpc) is 2.92. The molecule has 3 aliphatic carbocycles. The van der Waals surface area contributed by atoms with Gasteiger partial charge < -0.3 is 20.2 Å². The molecule has 0 spiro atoms. The van der Waals surface area contributed by atoms with E-state index in [2.05, 4.69) is 17.3 Å². The number of likely N-dealkylation sites (N-methyl/N-ethyl adjacent to an activating group) is 1. The third kappa shape index (κ3) is 2.42. The Bertz CT molecular complexity index is 420. The second-order valence-corrected chi connectivity index (χ2v) is 7.89. The fourth-order valence-electron chi connectivity index (χ4n) is 5.60. The van der Waals surface area contributed by atoms with E-state index in [1.54, 1.807) is 0 Å². The first-order valence-electron chi connectivity index (χ1n) is 9.05. The second-order valence-electron chi connectivity index (χ2n) is 7.89. The normalized spacial score (nSPS) is 40.1. The van der Waals surface area contributed by atoms with E-state index in [1.165, 1.54) is 19.3 Å². The summed E-state index contributed by atoms with van der Waals surface area (Å²) < 4.78 is 0. The molecule has 4 rings (SSSR count). The number of likely N-dealkylation sites (tertiary alicyclic amines) is 1. The first-order chi connectivity index (χ1) is 10.7. The highest BCUT2D eigenvalue weighted by Crippen LogP contribution is 2.65. The van der Waals surface area contributed by atoms with Gasteiger partial charge in [-0.15, -0.1) is 0 Å². The Morgan fingerprint density at radius 3 is 2.41 bits per heavy atom. The Labute approximate surface area is 133 Å². The van der Waals surface area contributed by atoms with Crippen LogP contribution in [-0.2, 0) is 0 Å². The SMILES string of the molecule is CN(CCO)C1CCN(C(=O)NC2[C@@H]3[C@H]4CC[C@@H](C4)[C@@H]23)CC1. The van der Waals surface area contributed by atoms with Crippen molar-refractivity contribution in [2.24, 2.45) is 23.7 Å². The molecule has 4 atom stereocenters. The van der Waals surface area contributed by atoms with Crippen LogP contribution in [0.3, 0.4) is 0 Å². The zero-order valence-electron chi connectivity index (χ0n) is 13.6. The number of hydrogen-bond acceptors (Lipinski definition) is 3. The van der Waals surface area contributed by atoms with Crippen molar-refractivity contribution in [2.75, 3.05) is 33.3 Å². The van der Waals surface area contributed by atoms with Crippen LogP contribution in [0, 0.1) is 23.7 Å². The number of hydrogen-bond donors (Lipinski definition) is 2. The minimum Gasteiger partial charge on any atom is -0.395 e. The molecule has 0 aromatic rings. The molecule has 5 nitrogen and oxygen atoms in total. The van der Waals surface area contributed by atoms with Crippen molar-refractivity contribution < 1.29 is 9.90 Å². The Morgan fingerprint density at radius 1 is 1.18 bits per heavy atom. The lowest BCUT2D eigenvalue weighted by atomic mass is 10.0. The summed E-state index contributed by atoms with van der Waals surface area (Å²) in [6.07, 6.45) is 6.28. The number of carbonyl (C=O) groups excluding carboxylic acids is 1. The van der Waals surface area contributed by atoms with E-state index in [4.69, 9.17) is 5.11 Å². The van der Waals surface area contributed by atoms with Crippen molar-refractivity contribution in [3.63, 3.8) is 0 Å². The summed E-state index contributed by atoms with van der Waals surface area (Å²) in [7, 11) is 2.07. The molecular formula is C17H29N3O2. The van der Waals surface area contributed by atoms with Crippen molar-refractivity contribution in [1.82, 2.24) is 15.1 Å². The summed E-state index contributed by atoms with van der Waals surface area (Å²) >= 11 is 0. The van der Waals surface area contributed by atoms with E-state index < -0.39 is 0 Å². The summed E-state index contributed by atoms with van der Waals surface area (Å²) in [5.74, 6) is 3.46. The van der Waals surface area contributed by atoms with Gasteiger partial charge in [0.15, 0.2) is 0 Å².